The Morgan fingerprint density at radius 2 is 2.00 bits per heavy atom. The lowest BCUT2D eigenvalue weighted by molar-refractivity contribution is 0.586. The van der Waals surface area contributed by atoms with Crippen LogP contribution in [0.25, 0.3) is 10.9 Å². The molecular weight excluding hydrogens is 290 g/mol. The van der Waals surface area contributed by atoms with Crippen LogP contribution in [0, 0.1) is 18.6 Å². The molecule has 0 aliphatic rings. The van der Waals surface area contributed by atoms with Crippen molar-refractivity contribution in [3.8, 4) is 0 Å². The molecule has 2 rings (SSSR count). The summed E-state index contributed by atoms with van der Waals surface area (Å²) in [5.74, 6) is -1.37. The van der Waals surface area contributed by atoms with Gasteiger partial charge >= 0.3 is 0 Å². The first-order valence-electron chi connectivity index (χ1n) is 5.19. The average Bonchev–Trinajstić information content (AvgIpc) is 2.26. The third-order valence-electron chi connectivity index (χ3n) is 2.81. The number of nitrogens with two attached hydrogens (primary N) is 1. The molecule has 0 saturated heterocycles. The summed E-state index contributed by atoms with van der Waals surface area (Å²) in [6.07, 6.45) is 0.672. The maximum absolute atomic E-state index is 13.6. The van der Waals surface area contributed by atoms with Crippen LogP contribution >= 0.6 is 15.9 Å². The Kier molecular flexibility index (Phi) is 3.03. The summed E-state index contributed by atoms with van der Waals surface area (Å²) in [7, 11) is 0. The topological polar surface area (TPSA) is 38.9 Å². The maximum atomic E-state index is 13.6. The number of halogens is 3. The zero-order valence-electron chi connectivity index (χ0n) is 9.44. The van der Waals surface area contributed by atoms with Crippen LogP contribution in [-0.2, 0) is 6.42 Å². The molecule has 0 spiro atoms. The highest BCUT2D eigenvalue weighted by Gasteiger charge is 2.17. The highest BCUT2D eigenvalue weighted by molar-refractivity contribution is 9.10. The third kappa shape index (κ3) is 1.78. The summed E-state index contributed by atoms with van der Waals surface area (Å²) in [6.45, 7) is 3.70. The number of anilines is 1. The molecule has 0 unspecified atom stereocenters. The van der Waals surface area contributed by atoms with Crippen molar-refractivity contribution in [2.24, 2.45) is 0 Å². The van der Waals surface area contributed by atoms with E-state index in [9.17, 15) is 8.78 Å². The van der Waals surface area contributed by atoms with E-state index in [1.165, 1.54) is 0 Å². The second kappa shape index (κ2) is 4.22. The van der Waals surface area contributed by atoms with Gasteiger partial charge in [0.25, 0.3) is 0 Å². The molecule has 0 aliphatic carbocycles. The van der Waals surface area contributed by atoms with E-state index in [0.717, 1.165) is 11.6 Å². The molecule has 2 N–H and O–H groups in total. The molecule has 90 valence electrons. The zero-order valence-corrected chi connectivity index (χ0v) is 11.0. The molecule has 5 heteroatoms. The Balaban J connectivity index is 3.02. The number of aryl methyl sites for hydroxylation is 1. The lowest BCUT2D eigenvalue weighted by atomic mass is 10.0. The minimum Gasteiger partial charge on any atom is -0.398 e. The van der Waals surface area contributed by atoms with Crippen molar-refractivity contribution in [2.75, 3.05) is 5.73 Å². The van der Waals surface area contributed by atoms with Gasteiger partial charge in [-0.05, 0) is 34.8 Å². The van der Waals surface area contributed by atoms with E-state index in [2.05, 4.69) is 20.9 Å². The van der Waals surface area contributed by atoms with Crippen molar-refractivity contribution < 1.29 is 8.78 Å². The van der Waals surface area contributed by atoms with Gasteiger partial charge in [-0.3, -0.25) is 0 Å². The molecule has 0 bridgehead atoms. The number of pyridine rings is 1. The monoisotopic (exact) mass is 300 g/mol. The Labute approximate surface area is 106 Å². The molecule has 2 nitrogen and oxygen atoms in total. The van der Waals surface area contributed by atoms with E-state index >= 15 is 0 Å². The van der Waals surface area contributed by atoms with Gasteiger partial charge < -0.3 is 5.73 Å². The lowest BCUT2D eigenvalue weighted by Gasteiger charge is -2.12. The fourth-order valence-corrected chi connectivity index (χ4v) is 2.48. The molecule has 1 aromatic carbocycles. The van der Waals surface area contributed by atoms with Gasteiger partial charge in [-0.15, -0.1) is 0 Å². The fourth-order valence-electron chi connectivity index (χ4n) is 1.97. The largest absolute Gasteiger partial charge is 0.398 e. The summed E-state index contributed by atoms with van der Waals surface area (Å²) in [5.41, 5.74) is 7.96. The second-order valence-corrected chi connectivity index (χ2v) is 4.61. The first kappa shape index (κ1) is 12.2. The standard InChI is InChI=1S/C12H11BrF2N2/c1-3-6-5(2)17-12-8(15)4-7(14)10(13)9(12)11(6)16/h4H,3H2,1-2H3,(H2,16,17). The van der Waals surface area contributed by atoms with E-state index in [-0.39, 0.29) is 9.99 Å². The lowest BCUT2D eigenvalue weighted by Crippen LogP contribution is -2.03. The predicted octanol–water partition coefficient (Wildman–Crippen LogP) is 3.73. The first-order chi connectivity index (χ1) is 7.97. The van der Waals surface area contributed by atoms with Crippen molar-refractivity contribution >= 4 is 32.5 Å². The molecule has 0 radical (unpaired) electrons. The normalized spacial score (nSPS) is 11.1. The minimum absolute atomic E-state index is 0.102. The highest BCUT2D eigenvalue weighted by atomic mass is 79.9. The van der Waals surface area contributed by atoms with E-state index in [4.69, 9.17) is 5.73 Å². The molecule has 1 heterocycles. The van der Waals surface area contributed by atoms with Gasteiger partial charge in [0, 0.05) is 22.8 Å². The number of benzene rings is 1. The summed E-state index contributed by atoms with van der Waals surface area (Å²) in [6, 6.07) is 0.809. The van der Waals surface area contributed by atoms with Gasteiger partial charge in [0.2, 0.25) is 0 Å². The molecule has 0 fully saturated rings. The summed E-state index contributed by atoms with van der Waals surface area (Å²) in [4.78, 5) is 4.16. The smallest absolute Gasteiger partial charge is 0.152 e. The molecule has 0 aliphatic heterocycles. The van der Waals surface area contributed by atoms with Crippen molar-refractivity contribution in [1.29, 1.82) is 0 Å². The van der Waals surface area contributed by atoms with Crippen LogP contribution in [0.4, 0.5) is 14.5 Å². The van der Waals surface area contributed by atoms with Crippen LogP contribution in [-0.4, -0.2) is 4.98 Å². The number of aromatic nitrogens is 1. The Bertz CT molecular complexity index is 611. The van der Waals surface area contributed by atoms with E-state index in [1.54, 1.807) is 6.92 Å². The number of nitrogens with zero attached hydrogens (tertiary/aromatic N) is 1. The number of rotatable bonds is 1. The van der Waals surface area contributed by atoms with Crippen molar-refractivity contribution in [1.82, 2.24) is 4.98 Å². The minimum atomic E-state index is -0.696. The van der Waals surface area contributed by atoms with Gasteiger partial charge in [0.05, 0.1) is 4.47 Å². The molecule has 0 amide bonds. The van der Waals surface area contributed by atoms with E-state index < -0.39 is 11.6 Å². The average molecular weight is 301 g/mol. The van der Waals surface area contributed by atoms with Gasteiger partial charge in [0.1, 0.15) is 11.3 Å². The predicted molar refractivity (Wildman–Crippen MR) is 67.9 cm³/mol. The van der Waals surface area contributed by atoms with Crippen molar-refractivity contribution in [2.45, 2.75) is 20.3 Å². The Morgan fingerprint density at radius 3 is 2.59 bits per heavy atom. The van der Waals surface area contributed by atoms with E-state index in [0.29, 0.717) is 23.2 Å². The van der Waals surface area contributed by atoms with Crippen molar-refractivity contribution in [3.05, 3.63) is 33.4 Å². The third-order valence-corrected chi connectivity index (χ3v) is 3.59. The van der Waals surface area contributed by atoms with Crippen LogP contribution in [0.5, 0.6) is 0 Å². The van der Waals surface area contributed by atoms with Crippen LogP contribution in [0.1, 0.15) is 18.2 Å². The number of fused-ring (bicyclic) bond motifs is 1. The summed E-state index contributed by atoms with van der Waals surface area (Å²) < 4.78 is 27.3. The quantitative estimate of drug-likeness (QED) is 0.815. The molecular formula is C12H11BrF2N2. The Hall–Kier alpha value is -1.23. The molecule has 17 heavy (non-hydrogen) atoms. The second-order valence-electron chi connectivity index (χ2n) is 3.82. The van der Waals surface area contributed by atoms with Crippen LogP contribution in [0.15, 0.2) is 10.5 Å². The first-order valence-corrected chi connectivity index (χ1v) is 5.98. The molecule has 0 atom stereocenters. The summed E-state index contributed by atoms with van der Waals surface area (Å²) >= 11 is 3.09. The van der Waals surface area contributed by atoms with Gasteiger partial charge in [-0.25, -0.2) is 13.8 Å². The van der Waals surface area contributed by atoms with Crippen LogP contribution < -0.4 is 5.73 Å². The fraction of sp³-hybridized carbons (Fsp3) is 0.250. The van der Waals surface area contributed by atoms with E-state index in [1.807, 2.05) is 6.92 Å². The van der Waals surface area contributed by atoms with Crippen molar-refractivity contribution in [3.63, 3.8) is 0 Å². The maximum Gasteiger partial charge on any atom is 0.152 e. The Morgan fingerprint density at radius 1 is 1.35 bits per heavy atom. The number of nitrogen functional groups attached to an aromatic ring is 1. The molecule has 1 aromatic heterocycles. The van der Waals surface area contributed by atoms with Gasteiger partial charge in [-0.2, -0.15) is 0 Å². The highest BCUT2D eigenvalue weighted by Crippen LogP contribution is 2.35. The summed E-state index contributed by atoms with van der Waals surface area (Å²) in [5, 5.41) is 0.310. The number of hydrogen-bond acceptors (Lipinski definition) is 2. The zero-order chi connectivity index (χ0) is 12.7. The molecule has 0 saturated carbocycles. The van der Waals surface area contributed by atoms with Gasteiger partial charge in [-0.1, -0.05) is 6.92 Å². The van der Waals surface area contributed by atoms with Crippen LogP contribution in [0.3, 0.4) is 0 Å². The van der Waals surface area contributed by atoms with Gasteiger partial charge in [0.15, 0.2) is 5.82 Å². The SMILES string of the molecule is CCc1c(C)nc2c(F)cc(F)c(Br)c2c1N. The number of hydrogen-bond donors (Lipinski definition) is 1. The molecule has 2 aromatic rings. The van der Waals surface area contributed by atoms with Crippen LogP contribution in [0.2, 0.25) is 0 Å².